The van der Waals surface area contributed by atoms with E-state index in [0.717, 1.165) is 59.1 Å². The number of allylic oxidation sites excluding steroid dienone is 4. The molecule has 34 heavy (non-hydrogen) atoms. The van der Waals surface area contributed by atoms with Crippen LogP contribution in [-0.2, 0) is 45.1 Å². The molecule has 0 aliphatic rings. The smallest absolute Gasteiger partial charge is 0.331 e. The number of rotatable bonds is 14. The molecule has 2 rings (SSSR count). The first-order chi connectivity index (χ1) is 16.3. The number of esters is 2. The van der Waals surface area contributed by atoms with Gasteiger partial charge in [0.05, 0.1) is 0 Å². The lowest BCUT2D eigenvalue weighted by Crippen LogP contribution is -2.28. The molecule has 5 heteroatoms. The van der Waals surface area contributed by atoms with Crippen LogP contribution in [0.4, 0.5) is 0 Å². The van der Waals surface area contributed by atoms with Crippen LogP contribution in [0, 0.1) is 0 Å². The molecule has 0 radical (unpaired) electrons. The molecular weight excluding hydrogens is 492 g/mol. The summed E-state index contributed by atoms with van der Waals surface area (Å²) in [5, 5.41) is 0. The fraction of sp³-hybridized carbons (Fsp3) is 0.241. The van der Waals surface area contributed by atoms with Crippen LogP contribution in [0.15, 0.2) is 98.1 Å². The Kier molecular flexibility index (Phi) is 11.3. The number of carbonyl (C=O) groups excluding carboxylic acids is 2. The zero-order chi connectivity index (χ0) is 24.9. The molecule has 0 heterocycles. The third kappa shape index (κ3) is 9.36. The van der Waals surface area contributed by atoms with Crippen molar-refractivity contribution in [3.05, 3.63) is 120 Å². The Labute approximate surface area is 210 Å². The van der Waals surface area contributed by atoms with Gasteiger partial charge in [0.25, 0.3) is 0 Å². The molecule has 0 bridgehead atoms. The molecule has 0 spiro atoms. The van der Waals surface area contributed by atoms with Crippen molar-refractivity contribution in [2.45, 2.75) is 43.7 Å². The Balaban J connectivity index is 1.75. The van der Waals surface area contributed by atoms with E-state index < -0.39 is 16.8 Å². The number of benzene rings is 2. The third-order valence-electron chi connectivity index (χ3n) is 5.27. The predicted molar refractivity (Wildman–Crippen MR) is 141 cm³/mol. The predicted octanol–water partition coefficient (Wildman–Crippen LogP) is 6.59. The van der Waals surface area contributed by atoms with E-state index in [-0.39, 0.29) is 13.2 Å². The second-order valence-corrected chi connectivity index (χ2v) is 8.85. The van der Waals surface area contributed by atoms with Crippen LogP contribution in [0.5, 0.6) is 0 Å². The van der Waals surface area contributed by atoms with Gasteiger partial charge < -0.3 is 9.47 Å². The highest BCUT2D eigenvalue weighted by Gasteiger charge is 2.26. The number of aryl methyl sites for hydroxylation is 2. The topological polar surface area (TPSA) is 52.6 Å². The molecule has 0 aliphatic heterocycles. The summed E-state index contributed by atoms with van der Waals surface area (Å²) in [6, 6.07) is 15.5. The summed E-state index contributed by atoms with van der Waals surface area (Å²) in [5.41, 5.74) is 5.99. The Hall–Kier alpha value is -3.18. The largest absolute Gasteiger partial charge is 0.460 e. The van der Waals surface area contributed by atoms with E-state index >= 15 is 0 Å². The van der Waals surface area contributed by atoms with E-state index in [0.29, 0.717) is 0 Å². The number of hydrogen-bond acceptors (Lipinski definition) is 4. The van der Waals surface area contributed by atoms with Gasteiger partial charge in [-0.1, -0.05) is 114 Å². The summed E-state index contributed by atoms with van der Waals surface area (Å²) in [5.74, 6) is -1.37. The van der Waals surface area contributed by atoms with Crippen LogP contribution in [0.1, 0.15) is 35.1 Å². The van der Waals surface area contributed by atoms with Crippen LogP contribution < -0.4 is 0 Å². The van der Waals surface area contributed by atoms with Gasteiger partial charge in [-0.05, 0) is 47.9 Å². The number of alkyl halides is 1. The number of halogens is 1. The van der Waals surface area contributed by atoms with Crippen LogP contribution in [0.25, 0.3) is 0 Å². The fourth-order valence-electron chi connectivity index (χ4n) is 2.97. The molecule has 0 aromatic heterocycles. The van der Waals surface area contributed by atoms with Gasteiger partial charge in [0.2, 0.25) is 4.83 Å². The molecule has 0 N–H and O–H groups in total. The number of carbonyl (C=O) groups is 2. The van der Waals surface area contributed by atoms with Crippen LogP contribution in [-0.4, -0.2) is 16.8 Å². The molecule has 0 unspecified atom stereocenters. The van der Waals surface area contributed by atoms with Gasteiger partial charge in [-0.2, -0.15) is 0 Å². The maximum atomic E-state index is 12.2. The Morgan fingerprint density at radius 3 is 1.35 bits per heavy atom. The van der Waals surface area contributed by atoms with E-state index in [4.69, 9.17) is 9.47 Å². The molecule has 2 aromatic rings. The van der Waals surface area contributed by atoms with Crippen molar-refractivity contribution in [1.29, 1.82) is 0 Å². The van der Waals surface area contributed by atoms with Crippen molar-refractivity contribution < 1.29 is 19.1 Å². The van der Waals surface area contributed by atoms with E-state index in [1.54, 1.807) is 12.2 Å². The quantitative estimate of drug-likeness (QED) is 0.121. The summed E-state index contributed by atoms with van der Waals surface area (Å²) >= 11 is 3.08. The molecule has 2 aromatic carbocycles. The third-order valence-corrected chi connectivity index (χ3v) is 6.02. The first-order valence-electron chi connectivity index (χ1n) is 11.1. The van der Waals surface area contributed by atoms with Crippen molar-refractivity contribution in [1.82, 2.24) is 0 Å². The molecule has 0 atom stereocenters. The molecule has 0 amide bonds. The average Bonchev–Trinajstić information content (AvgIpc) is 2.88. The summed E-state index contributed by atoms with van der Waals surface area (Å²) in [6.07, 6.45) is 6.95. The monoisotopic (exact) mass is 522 g/mol. The Bertz CT molecular complexity index is 936. The van der Waals surface area contributed by atoms with E-state index in [1.807, 2.05) is 48.5 Å². The maximum absolute atomic E-state index is 12.2. The summed E-state index contributed by atoms with van der Waals surface area (Å²) in [4.78, 5) is 23.3. The Morgan fingerprint density at radius 2 is 1.03 bits per heavy atom. The van der Waals surface area contributed by atoms with Crippen LogP contribution in [0.2, 0.25) is 0 Å². The number of ether oxygens (including phenoxy) is 2. The highest BCUT2D eigenvalue weighted by molar-refractivity contribution is 9.10. The normalized spacial score (nSPS) is 10.4. The molecule has 0 aliphatic carbocycles. The van der Waals surface area contributed by atoms with Gasteiger partial charge in [0.1, 0.15) is 13.2 Å². The zero-order valence-corrected chi connectivity index (χ0v) is 21.0. The van der Waals surface area contributed by atoms with Gasteiger partial charge in [0, 0.05) is 0 Å². The summed E-state index contributed by atoms with van der Waals surface area (Å²) < 4.78 is 10.5. The summed E-state index contributed by atoms with van der Waals surface area (Å²) in [6.45, 7) is 15.4. The fourth-order valence-corrected chi connectivity index (χ4v) is 3.23. The SMILES string of the molecule is C=CC(=C)CCc1ccc(COC(=O)C(Br)C(=O)OCc2ccc(CCC(=C)C=C)cc2)cc1. The van der Waals surface area contributed by atoms with E-state index in [9.17, 15) is 9.59 Å². The van der Waals surface area contributed by atoms with Gasteiger partial charge in [-0.25, -0.2) is 0 Å². The minimum absolute atomic E-state index is 0.0770. The van der Waals surface area contributed by atoms with Crippen LogP contribution >= 0.6 is 15.9 Å². The van der Waals surface area contributed by atoms with Crippen molar-refractivity contribution in [2.24, 2.45) is 0 Å². The van der Waals surface area contributed by atoms with Gasteiger partial charge in [-0.3, -0.25) is 9.59 Å². The van der Waals surface area contributed by atoms with Crippen molar-refractivity contribution in [2.75, 3.05) is 0 Å². The lowest BCUT2D eigenvalue weighted by Gasteiger charge is -2.11. The molecular formula is C29H31BrO4. The molecule has 0 saturated carbocycles. The van der Waals surface area contributed by atoms with Crippen molar-refractivity contribution in [3.63, 3.8) is 0 Å². The second kappa shape index (κ2) is 14.2. The average molecular weight is 523 g/mol. The maximum Gasteiger partial charge on any atom is 0.331 e. The van der Waals surface area contributed by atoms with Crippen molar-refractivity contribution >= 4 is 27.9 Å². The van der Waals surface area contributed by atoms with Gasteiger partial charge >= 0.3 is 11.9 Å². The summed E-state index contributed by atoms with van der Waals surface area (Å²) in [7, 11) is 0. The van der Waals surface area contributed by atoms with Crippen LogP contribution in [0.3, 0.4) is 0 Å². The molecule has 178 valence electrons. The minimum atomic E-state index is -1.18. The lowest BCUT2D eigenvalue weighted by atomic mass is 10.0. The zero-order valence-electron chi connectivity index (χ0n) is 19.4. The molecule has 4 nitrogen and oxygen atoms in total. The second-order valence-electron chi connectivity index (χ2n) is 7.94. The van der Waals surface area contributed by atoms with Gasteiger partial charge in [-0.15, -0.1) is 0 Å². The first kappa shape index (κ1) is 27.1. The highest BCUT2D eigenvalue weighted by Crippen LogP contribution is 2.14. The van der Waals surface area contributed by atoms with Gasteiger partial charge in [0.15, 0.2) is 0 Å². The lowest BCUT2D eigenvalue weighted by molar-refractivity contribution is -0.154. The molecule has 0 saturated heterocycles. The Morgan fingerprint density at radius 1 is 0.706 bits per heavy atom. The highest BCUT2D eigenvalue weighted by atomic mass is 79.9. The van der Waals surface area contributed by atoms with Crippen molar-refractivity contribution in [3.8, 4) is 0 Å². The van der Waals surface area contributed by atoms with E-state index in [2.05, 4.69) is 42.2 Å². The standard InChI is InChI=1S/C29H31BrO4/c1-5-21(3)7-9-23-11-15-25(16-12-23)19-33-28(31)27(30)29(32)34-20-26-17-13-24(14-18-26)10-8-22(4)6-2/h5-6,11-18,27H,1-4,7-10,19-20H2. The van der Waals surface area contributed by atoms with E-state index in [1.165, 1.54) is 0 Å². The molecule has 0 fully saturated rings. The number of hydrogen-bond donors (Lipinski definition) is 0. The minimum Gasteiger partial charge on any atom is -0.460 e. The first-order valence-corrected chi connectivity index (χ1v) is 12.0.